The van der Waals surface area contributed by atoms with Gasteiger partial charge in [-0.15, -0.1) is 0 Å². The first-order valence-electron chi connectivity index (χ1n) is 10.6. The van der Waals surface area contributed by atoms with Crippen LogP contribution < -0.4 is 9.64 Å². The second-order valence-corrected chi connectivity index (χ2v) is 9.52. The summed E-state index contributed by atoms with van der Waals surface area (Å²) in [5.74, 6) is -0.673. The molecular formula is C24H28N2O6S. The van der Waals surface area contributed by atoms with Gasteiger partial charge in [0.1, 0.15) is 10.6 Å². The lowest BCUT2D eigenvalue weighted by atomic mass is 10.1. The van der Waals surface area contributed by atoms with Crippen LogP contribution in [0.25, 0.3) is 6.08 Å². The number of benzene rings is 2. The van der Waals surface area contributed by atoms with Crippen LogP contribution in [0.15, 0.2) is 53.4 Å². The van der Waals surface area contributed by atoms with Gasteiger partial charge in [-0.1, -0.05) is 24.6 Å². The Morgan fingerprint density at radius 3 is 2.39 bits per heavy atom. The average molecular weight is 473 g/mol. The molecule has 176 valence electrons. The third-order valence-electron chi connectivity index (χ3n) is 5.54. The third-order valence-corrected chi connectivity index (χ3v) is 7.46. The number of likely N-dealkylation sites (N-methyl/N-ethyl adjacent to an activating group) is 1. The van der Waals surface area contributed by atoms with Crippen molar-refractivity contribution in [3.05, 3.63) is 59.7 Å². The normalized spacial score (nSPS) is 14.8. The molecule has 0 atom stereocenters. The number of carbonyl (C=O) groups excluding carboxylic acids is 2. The van der Waals surface area contributed by atoms with Crippen molar-refractivity contribution in [2.75, 3.05) is 39.3 Å². The smallest absolute Gasteiger partial charge is 0.339 e. The Balaban J connectivity index is 1.86. The van der Waals surface area contributed by atoms with E-state index in [1.54, 1.807) is 43.4 Å². The molecule has 0 bridgehead atoms. The minimum atomic E-state index is -3.72. The number of hydrogen-bond donors (Lipinski definition) is 0. The molecule has 1 aliphatic heterocycles. The van der Waals surface area contributed by atoms with E-state index in [0.717, 1.165) is 19.3 Å². The number of amides is 1. The Bertz CT molecular complexity index is 1150. The first-order valence-corrected chi connectivity index (χ1v) is 12.0. The van der Waals surface area contributed by atoms with Gasteiger partial charge in [0.05, 0.1) is 25.5 Å². The summed E-state index contributed by atoms with van der Waals surface area (Å²) in [6.45, 7) is 0.961. The number of nitrogens with zero attached hydrogens (tertiary/aromatic N) is 2. The van der Waals surface area contributed by atoms with Crippen LogP contribution in [0, 0.1) is 0 Å². The number of anilines is 1. The molecule has 0 aliphatic carbocycles. The maximum absolute atomic E-state index is 13.2. The molecule has 9 heteroatoms. The van der Waals surface area contributed by atoms with Gasteiger partial charge in [0, 0.05) is 26.2 Å². The fraction of sp³-hybridized carbons (Fsp3) is 0.333. The Morgan fingerprint density at radius 2 is 1.73 bits per heavy atom. The van der Waals surface area contributed by atoms with E-state index in [2.05, 4.69) is 0 Å². The molecule has 0 spiro atoms. The van der Waals surface area contributed by atoms with Crippen molar-refractivity contribution < 1.29 is 27.5 Å². The highest BCUT2D eigenvalue weighted by molar-refractivity contribution is 7.89. The van der Waals surface area contributed by atoms with E-state index in [-0.39, 0.29) is 22.1 Å². The molecule has 1 fully saturated rings. The van der Waals surface area contributed by atoms with Crippen molar-refractivity contribution >= 4 is 33.7 Å². The summed E-state index contributed by atoms with van der Waals surface area (Å²) in [7, 11) is 0.540. The molecule has 33 heavy (non-hydrogen) atoms. The van der Waals surface area contributed by atoms with E-state index in [4.69, 9.17) is 9.47 Å². The lowest BCUT2D eigenvalue weighted by molar-refractivity contribution is -0.113. The van der Waals surface area contributed by atoms with Gasteiger partial charge >= 0.3 is 5.97 Å². The summed E-state index contributed by atoms with van der Waals surface area (Å²) in [5.41, 5.74) is 1.21. The topological polar surface area (TPSA) is 93.2 Å². The fourth-order valence-corrected chi connectivity index (χ4v) is 5.40. The zero-order valence-corrected chi connectivity index (χ0v) is 19.8. The lowest BCUT2D eigenvalue weighted by Gasteiger charge is -2.26. The summed E-state index contributed by atoms with van der Waals surface area (Å²) in [4.78, 5) is 26.2. The van der Waals surface area contributed by atoms with Crippen LogP contribution in [0.4, 0.5) is 5.69 Å². The Hall–Kier alpha value is -3.17. The average Bonchev–Trinajstić information content (AvgIpc) is 2.86. The quantitative estimate of drug-likeness (QED) is 0.453. The molecule has 0 unspecified atom stereocenters. The van der Waals surface area contributed by atoms with Crippen molar-refractivity contribution in [1.29, 1.82) is 0 Å². The highest BCUT2D eigenvalue weighted by Gasteiger charge is 2.29. The molecule has 1 amide bonds. The number of ether oxygens (including phenoxy) is 2. The van der Waals surface area contributed by atoms with Crippen LogP contribution >= 0.6 is 0 Å². The van der Waals surface area contributed by atoms with Gasteiger partial charge in [0.2, 0.25) is 10.0 Å². The van der Waals surface area contributed by atoms with Crippen molar-refractivity contribution in [2.24, 2.45) is 0 Å². The van der Waals surface area contributed by atoms with E-state index in [1.165, 1.54) is 41.6 Å². The largest absolute Gasteiger partial charge is 0.495 e. The highest BCUT2D eigenvalue weighted by atomic mass is 32.2. The van der Waals surface area contributed by atoms with E-state index in [9.17, 15) is 18.0 Å². The first kappa shape index (κ1) is 24.5. The van der Waals surface area contributed by atoms with Crippen molar-refractivity contribution in [2.45, 2.75) is 24.2 Å². The SMILES string of the molecule is COC(=O)c1ccccc1N(C)C(=O)C=Cc1ccc(OC)c(S(=O)(=O)N2CCCCC2)c1. The second kappa shape index (κ2) is 10.6. The van der Waals surface area contributed by atoms with Crippen molar-refractivity contribution in [3.8, 4) is 5.75 Å². The number of carbonyl (C=O) groups is 2. The van der Waals surface area contributed by atoms with Crippen LogP contribution in [-0.4, -0.2) is 59.0 Å². The number of para-hydroxylation sites is 1. The van der Waals surface area contributed by atoms with E-state index < -0.39 is 16.0 Å². The minimum absolute atomic E-state index is 0.0749. The molecule has 8 nitrogen and oxygen atoms in total. The van der Waals surface area contributed by atoms with Crippen LogP contribution in [0.5, 0.6) is 5.75 Å². The zero-order chi connectivity index (χ0) is 24.0. The Labute approximate surface area is 194 Å². The van der Waals surface area contributed by atoms with Gasteiger partial charge in [0.15, 0.2) is 0 Å². The molecule has 1 aliphatic rings. The summed E-state index contributed by atoms with van der Waals surface area (Å²) < 4.78 is 37.9. The van der Waals surface area contributed by atoms with Crippen LogP contribution in [0.3, 0.4) is 0 Å². The third kappa shape index (κ3) is 5.43. The molecule has 0 aromatic heterocycles. The standard InChI is InChI=1S/C24H28N2O6S/c1-25(20-10-6-5-9-19(20)24(28)32-3)23(27)14-12-18-11-13-21(31-2)22(17-18)33(29,30)26-15-7-4-8-16-26/h5-6,9-14,17H,4,7-8,15-16H2,1-3H3. The predicted molar refractivity (Wildman–Crippen MR) is 126 cm³/mol. The second-order valence-electron chi connectivity index (χ2n) is 7.61. The lowest BCUT2D eigenvalue weighted by Crippen LogP contribution is -2.35. The highest BCUT2D eigenvalue weighted by Crippen LogP contribution is 2.30. The van der Waals surface area contributed by atoms with Gasteiger partial charge in [-0.2, -0.15) is 4.31 Å². The van der Waals surface area contributed by atoms with Gasteiger partial charge < -0.3 is 14.4 Å². The molecule has 1 heterocycles. The molecule has 0 radical (unpaired) electrons. The van der Waals surface area contributed by atoms with Crippen molar-refractivity contribution in [3.63, 3.8) is 0 Å². The van der Waals surface area contributed by atoms with E-state index >= 15 is 0 Å². The molecule has 2 aromatic carbocycles. The Morgan fingerprint density at radius 1 is 1.03 bits per heavy atom. The summed E-state index contributed by atoms with van der Waals surface area (Å²) in [6.07, 6.45) is 5.53. The van der Waals surface area contributed by atoms with Crippen LogP contribution in [0.2, 0.25) is 0 Å². The maximum atomic E-state index is 13.2. The van der Waals surface area contributed by atoms with Gasteiger partial charge in [-0.05, 0) is 48.7 Å². The number of hydrogen-bond acceptors (Lipinski definition) is 6. The molecule has 2 aromatic rings. The van der Waals surface area contributed by atoms with Crippen molar-refractivity contribution in [1.82, 2.24) is 4.31 Å². The molecule has 1 saturated heterocycles. The number of rotatable bonds is 7. The predicted octanol–water partition coefficient (Wildman–Crippen LogP) is 3.33. The zero-order valence-electron chi connectivity index (χ0n) is 19.0. The van der Waals surface area contributed by atoms with Crippen LogP contribution in [-0.2, 0) is 19.6 Å². The Kier molecular flexibility index (Phi) is 7.88. The maximum Gasteiger partial charge on any atom is 0.339 e. The number of sulfonamides is 1. The monoisotopic (exact) mass is 472 g/mol. The first-order chi connectivity index (χ1) is 15.8. The van der Waals surface area contributed by atoms with Gasteiger partial charge in [0.25, 0.3) is 5.91 Å². The summed E-state index contributed by atoms with van der Waals surface area (Å²) in [6, 6.07) is 11.4. The van der Waals surface area contributed by atoms with E-state index in [0.29, 0.717) is 24.3 Å². The minimum Gasteiger partial charge on any atom is -0.495 e. The fourth-order valence-electron chi connectivity index (χ4n) is 3.69. The van der Waals surface area contributed by atoms with Crippen LogP contribution in [0.1, 0.15) is 35.2 Å². The molecule has 0 N–H and O–H groups in total. The summed E-state index contributed by atoms with van der Waals surface area (Å²) in [5, 5.41) is 0. The number of esters is 1. The van der Waals surface area contributed by atoms with Gasteiger partial charge in [-0.3, -0.25) is 4.79 Å². The van der Waals surface area contributed by atoms with E-state index in [1.807, 2.05) is 0 Å². The summed E-state index contributed by atoms with van der Waals surface area (Å²) >= 11 is 0. The number of methoxy groups -OCH3 is 2. The van der Waals surface area contributed by atoms with Gasteiger partial charge in [-0.25, -0.2) is 13.2 Å². The molecule has 0 saturated carbocycles. The molecule has 3 rings (SSSR count). The molecular weight excluding hydrogens is 444 g/mol. The number of piperidine rings is 1.